The summed E-state index contributed by atoms with van der Waals surface area (Å²) in [6, 6.07) is 43.3. The lowest BCUT2D eigenvalue weighted by atomic mass is 10.3. The first-order valence-electron chi connectivity index (χ1n) is 16.6. The number of nitro groups is 2. The van der Waals surface area contributed by atoms with E-state index < -0.39 is 24.1 Å². The molecule has 11 nitrogen and oxygen atoms in total. The molecule has 0 aliphatic carbocycles. The summed E-state index contributed by atoms with van der Waals surface area (Å²) in [4.78, 5) is 22.5. The van der Waals surface area contributed by atoms with Gasteiger partial charge < -0.3 is 23.3 Å². The quantitative estimate of drug-likeness (QED) is 0.0485. The van der Waals surface area contributed by atoms with Crippen molar-refractivity contribution in [3.8, 4) is 11.5 Å². The summed E-state index contributed by atoms with van der Waals surface area (Å²) in [5.74, 6) is 0.444. The number of rotatable bonds is 16. The van der Waals surface area contributed by atoms with E-state index in [1.54, 1.807) is 121 Å². The first kappa shape index (κ1) is 36.9. The van der Waals surface area contributed by atoms with Gasteiger partial charge in [0.15, 0.2) is 14.3 Å². The summed E-state index contributed by atoms with van der Waals surface area (Å²) in [6.07, 6.45) is 0. The second-order valence-electron chi connectivity index (χ2n) is 11.7. The molecule has 13 heteroatoms. The van der Waals surface area contributed by atoms with Crippen molar-refractivity contribution < 1.29 is 33.2 Å². The molecule has 0 amide bonds. The molecule has 0 fully saturated rings. The highest BCUT2D eigenvalue weighted by Gasteiger charge is 2.35. The predicted molar refractivity (Wildman–Crippen MR) is 207 cm³/mol. The van der Waals surface area contributed by atoms with Crippen LogP contribution in [-0.4, -0.2) is 36.3 Å². The van der Waals surface area contributed by atoms with E-state index in [1.165, 1.54) is 36.4 Å². The van der Waals surface area contributed by atoms with Crippen LogP contribution in [0.4, 0.5) is 11.4 Å². The van der Waals surface area contributed by atoms with Gasteiger partial charge in [-0.2, -0.15) is 0 Å². The molecular formula is C40H34N2O9P2. The second-order valence-corrected chi connectivity index (χ2v) is 17.2. The lowest BCUT2D eigenvalue weighted by Gasteiger charge is -2.23. The van der Waals surface area contributed by atoms with Crippen LogP contribution in [0.3, 0.4) is 0 Å². The highest BCUT2D eigenvalue weighted by Crippen LogP contribution is 2.47. The molecule has 6 rings (SSSR count). The Balaban J connectivity index is 1.18. The van der Waals surface area contributed by atoms with Gasteiger partial charge in [-0.15, -0.1) is 0 Å². The van der Waals surface area contributed by atoms with Crippen molar-refractivity contribution in [1.82, 2.24) is 0 Å². The van der Waals surface area contributed by atoms with Crippen LogP contribution in [0.1, 0.15) is 0 Å². The third kappa shape index (κ3) is 7.98. The standard InChI is InChI=1S/C40H34N2O9P2/c43-41(44)31-21-23-37(39(29-31)52(47,33-13-5-1-6-14-33)34-15-7-2-8-16-34)50-27-25-49-26-28-51-38-24-22-32(42(45)46)30-40(38)53(48,35-17-9-3-10-18-35)36-19-11-4-12-20-36/h1-24,29-30H,25-28H2. The lowest BCUT2D eigenvalue weighted by molar-refractivity contribution is -0.385. The van der Waals surface area contributed by atoms with Gasteiger partial charge in [-0.1, -0.05) is 121 Å². The number of nitro benzene ring substituents is 2. The zero-order valence-corrected chi connectivity index (χ0v) is 30.1. The average Bonchev–Trinajstić information content (AvgIpc) is 3.21. The van der Waals surface area contributed by atoms with Crippen LogP contribution in [0, 0.1) is 20.2 Å². The Morgan fingerprint density at radius 3 is 1.02 bits per heavy atom. The highest BCUT2D eigenvalue weighted by molar-refractivity contribution is 7.86. The van der Waals surface area contributed by atoms with Crippen molar-refractivity contribution in [3.63, 3.8) is 0 Å². The first-order valence-corrected chi connectivity index (χ1v) is 20.0. The molecule has 0 radical (unpaired) electrons. The Morgan fingerprint density at radius 2 is 0.736 bits per heavy atom. The molecule has 0 bridgehead atoms. The molecule has 6 aromatic carbocycles. The minimum Gasteiger partial charge on any atom is -0.490 e. The van der Waals surface area contributed by atoms with E-state index in [0.717, 1.165) is 0 Å². The normalized spacial score (nSPS) is 11.5. The van der Waals surface area contributed by atoms with Crippen LogP contribution in [0.25, 0.3) is 0 Å². The van der Waals surface area contributed by atoms with E-state index in [-0.39, 0.29) is 59.9 Å². The van der Waals surface area contributed by atoms with Crippen LogP contribution in [0.2, 0.25) is 0 Å². The third-order valence-corrected chi connectivity index (χ3v) is 14.6. The number of hydrogen-bond donors (Lipinski definition) is 0. The second kappa shape index (κ2) is 16.7. The van der Waals surface area contributed by atoms with Crippen LogP contribution >= 0.6 is 14.3 Å². The highest BCUT2D eigenvalue weighted by atomic mass is 31.2. The minimum absolute atomic E-state index is 0.0222. The van der Waals surface area contributed by atoms with Crippen molar-refractivity contribution in [1.29, 1.82) is 0 Å². The largest absolute Gasteiger partial charge is 0.490 e. The van der Waals surface area contributed by atoms with Gasteiger partial charge in [-0.25, -0.2) is 0 Å². The van der Waals surface area contributed by atoms with E-state index >= 15 is 9.13 Å². The minimum atomic E-state index is -3.61. The summed E-state index contributed by atoms with van der Waals surface area (Å²) in [7, 11) is -7.22. The van der Waals surface area contributed by atoms with Gasteiger partial charge >= 0.3 is 0 Å². The van der Waals surface area contributed by atoms with Crippen molar-refractivity contribution in [3.05, 3.63) is 178 Å². The van der Waals surface area contributed by atoms with Gasteiger partial charge in [-0.05, 0) is 12.1 Å². The van der Waals surface area contributed by atoms with Crippen LogP contribution < -0.4 is 41.3 Å². The number of ether oxygens (including phenoxy) is 3. The lowest BCUT2D eigenvalue weighted by Crippen LogP contribution is -2.27. The fraction of sp³-hybridized carbons (Fsp3) is 0.100. The Hall–Kier alpha value is -5.86. The molecule has 0 saturated heterocycles. The number of benzene rings is 6. The zero-order valence-electron chi connectivity index (χ0n) is 28.3. The summed E-state index contributed by atoms with van der Waals surface area (Å²) in [6.45, 7) is 0.212. The summed E-state index contributed by atoms with van der Waals surface area (Å²) < 4.78 is 48.0. The Morgan fingerprint density at radius 1 is 0.434 bits per heavy atom. The molecule has 0 aliphatic rings. The van der Waals surface area contributed by atoms with E-state index in [9.17, 15) is 20.2 Å². The van der Waals surface area contributed by atoms with Crippen LogP contribution in [0.15, 0.2) is 158 Å². The molecular weight excluding hydrogens is 714 g/mol. The van der Waals surface area contributed by atoms with Gasteiger partial charge in [0.2, 0.25) is 0 Å². The predicted octanol–water partition coefficient (Wildman–Crippen LogP) is 6.26. The van der Waals surface area contributed by atoms with Crippen molar-refractivity contribution >= 4 is 57.5 Å². The Bertz CT molecular complexity index is 2040. The molecule has 0 unspecified atom stereocenters. The summed E-state index contributed by atoms with van der Waals surface area (Å²) in [5.41, 5.74) is -0.440. The fourth-order valence-electron chi connectivity index (χ4n) is 5.90. The molecule has 268 valence electrons. The number of nitrogens with zero attached hydrogens (tertiary/aromatic N) is 2. The van der Waals surface area contributed by atoms with Gasteiger partial charge in [0.25, 0.3) is 11.4 Å². The fourth-order valence-corrected chi connectivity index (χ4v) is 11.5. The first-order chi connectivity index (χ1) is 25.7. The van der Waals surface area contributed by atoms with Crippen molar-refractivity contribution in [2.45, 2.75) is 0 Å². The maximum absolute atomic E-state index is 15.1. The Kier molecular flexibility index (Phi) is 11.6. The van der Waals surface area contributed by atoms with Gasteiger partial charge in [-0.3, -0.25) is 20.2 Å². The third-order valence-electron chi connectivity index (χ3n) is 8.43. The monoisotopic (exact) mass is 748 g/mol. The van der Waals surface area contributed by atoms with Gasteiger partial charge in [0.05, 0.1) is 33.7 Å². The molecule has 0 spiro atoms. The molecule has 0 saturated carbocycles. The molecule has 6 aromatic rings. The van der Waals surface area contributed by atoms with Crippen molar-refractivity contribution in [2.75, 3.05) is 26.4 Å². The maximum atomic E-state index is 15.1. The summed E-state index contributed by atoms with van der Waals surface area (Å²) in [5, 5.41) is 26.0. The molecule has 0 aromatic heterocycles. The van der Waals surface area contributed by atoms with E-state index in [0.29, 0.717) is 21.2 Å². The molecule has 53 heavy (non-hydrogen) atoms. The topological polar surface area (TPSA) is 148 Å². The van der Waals surface area contributed by atoms with E-state index in [2.05, 4.69) is 0 Å². The zero-order chi connectivity index (χ0) is 37.3. The number of non-ortho nitro benzene ring substituents is 2. The smallest absolute Gasteiger partial charge is 0.270 e. The Labute approximate surface area is 305 Å². The number of hydrogen-bond acceptors (Lipinski definition) is 9. The average molecular weight is 749 g/mol. The van der Waals surface area contributed by atoms with Crippen LogP contribution in [-0.2, 0) is 13.9 Å². The van der Waals surface area contributed by atoms with Gasteiger partial charge in [0.1, 0.15) is 24.7 Å². The molecule has 0 heterocycles. The summed E-state index contributed by atoms with van der Waals surface area (Å²) >= 11 is 0. The molecule has 0 atom stereocenters. The van der Waals surface area contributed by atoms with E-state index in [1.807, 2.05) is 0 Å². The molecule has 0 N–H and O–H groups in total. The van der Waals surface area contributed by atoms with E-state index in [4.69, 9.17) is 14.2 Å². The van der Waals surface area contributed by atoms with Crippen molar-refractivity contribution in [2.24, 2.45) is 0 Å². The maximum Gasteiger partial charge on any atom is 0.270 e. The van der Waals surface area contributed by atoms with Crippen LogP contribution in [0.5, 0.6) is 11.5 Å². The SMILES string of the molecule is O=[N+]([O-])c1ccc(OCCOCCOc2ccc([N+](=O)[O-])cc2P(=O)(c2ccccc2)c2ccccc2)c(P(=O)(c2ccccc2)c2ccccc2)c1. The van der Waals surface area contributed by atoms with Gasteiger partial charge in [0, 0.05) is 45.5 Å². The molecule has 0 aliphatic heterocycles.